The summed E-state index contributed by atoms with van der Waals surface area (Å²) in [7, 11) is 0. The Balaban J connectivity index is 1.37. The number of hydrogen-bond donors (Lipinski definition) is 1. The summed E-state index contributed by atoms with van der Waals surface area (Å²) >= 11 is 0.964. The van der Waals surface area contributed by atoms with Crippen molar-refractivity contribution < 1.29 is 19.1 Å². The molecule has 3 aromatic carbocycles. The van der Waals surface area contributed by atoms with E-state index in [2.05, 4.69) is 4.90 Å². The number of thioether (sulfide) groups is 1. The lowest BCUT2D eigenvalue weighted by molar-refractivity contribution is -0.136. The van der Waals surface area contributed by atoms with Gasteiger partial charge in [-0.1, -0.05) is 60.3 Å². The van der Waals surface area contributed by atoms with Crippen molar-refractivity contribution in [3.8, 4) is 0 Å². The van der Waals surface area contributed by atoms with Crippen molar-refractivity contribution in [2.45, 2.75) is 6.23 Å². The normalized spacial score (nSPS) is 16.6. The molecule has 1 unspecified atom stereocenters. The Labute approximate surface area is 207 Å². The molecule has 35 heavy (non-hydrogen) atoms. The highest BCUT2D eigenvalue weighted by Crippen LogP contribution is 2.35. The van der Waals surface area contributed by atoms with Crippen molar-refractivity contribution >= 4 is 45.9 Å². The van der Waals surface area contributed by atoms with Gasteiger partial charge in [0.25, 0.3) is 11.1 Å². The number of ether oxygens (including phenoxy) is 1. The summed E-state index contributed by atoms with van der Waals surface area (Å²) in [5.74, 6) is -0.341. The predicted molar refractivity (Wildman–Crippen MR) is 135 cm³/mol. The molecule has 0 bridgehead atoms. The van der Waals surface area contributed by atoms with Gasteiger partial charge in [0.15, 0.2) is 6.23 Å². The first-order chi connectivity index (χ1) is 17.0. The second-order valence-electron chi connectivity index (χ2n) is 8.20. The van der Waals surface area contributed by atoms with Crippen LogP contribution in [-0.4, -0.2) is 52.4 Å². The lowest BCUT2D eigenvalue weighted by Gasteiger charge is -2.38. The van der Waals surface area contributed by atoms with Crippen molar-refractivity contribution in [1.82, 2.24) is 9.80 Å². The van der Waals surface area contributed by atoms with E-state index in [1.165, 1.54) is 0 Å². The number of para-hydroxylation sites is 1. The number of hydrogen-bond acceptors (Lipinski definition) is 7. The summed E-state index contributed by atoms with van der Waals surface area (Å²) in [6, 6.07) is 24.3. The van der Waals surface area contributed by atoms with E-state index in [1.807, 2.05) is 66.7 Å². The summed E-state index contributed by atoms with van der Waals surface area (Å²) in [6.45, 7) is 0.729. The molecule has 178 valence electrons. The molecular formula is C26H24N4O4S. The van der Waals surface area contributed by atoms with Gasteiger partial charge in [-0.2, -0.15) is 0 Å². The van der Waals surface area contributed by atoms with E-state index in [9.17, 15) is 14.4 Å². The molecule has 1 fully saturated rings. The van der Waals surface area contributed by atoms with Gasteiger partial charge in [0.1, 0.15) is 0 Å². The summed E-state index contributed by atoms with van der Waals surface area (Å²) < 4.78 is 6.09. The van der Waals surface area contributed by atoms with Crippen LogP contribution in [0.15, 0.2) is 78.9 Å². The molecule has 0 radical (unpaired) electrons. The smallest absolute Gasteiger partial charge is 0.291 e. The van der Waals surface area contributed by atoms with Crippen LogP contribution in [0.25, 0.3) is 0 Å². The summed E-state index contributed by atoms with van der Waals surface area (Å²) in [4.78, 5) is 43.0. The number of amides is 3. The fourth-order valence-electron chi connectivity index (χ4n) is 4.25. The first-order valence-electron chi connectivity index (χ1n) is 11.2. The molecule has 1 saturated heterocycles. The molecule has 0 aromatic heterocycles. The summed E-state index contributed by atoms with van der Waals surface area (Å²) in [5, 5.41) is -0.336. The molecule has 2 heterocycles. The monoisotopic (exact) mass is 488 g/mol. The molecule has 8 nitrogen and oxygen atoms in total. The average molecular weight is 489 g/mol. The van der Waals surface area contributed by atoms with Crippen LogP contribution in [0.3, 0.4) is 0 Å². The molecule has 3 aromatic rings. The number of nitrogen functional groups attached to an aromatic ring is 1. The number of carbonyl (C=O) groups excluding carboxylic acids is 3. The van der Waals surface area contributed by atoms with Gasteiger partial charge in [0, 0.05) is 23.5 Å². The van der Waals surface area contributed by atoms with Crippen LogP contribution in [0.5, 0.6) is 0 Å². The Kier molecular flexibility index (Phi) is 6.43. The predicted octanol–water partition coefficient (Wildman–Crippen LogP) is 4.23. The third-order valence-corrected chi connectivity index (χ3v) is 6.78. The maximum atomic E-state index is 13.3. The molecule has 2 N–H and O–H groups in total. The second-order valence-corrected chi connectivity index (χ2v) is 9.13. The van der Waals surface area contributed by atoms with Crippen LogP contribution in [0, 0.1) is 0 Å². The molecule has 2 aliphatic heterocycles. The van der Waals surface area contributed by atoms with Crippen molar-refractivity contribution in [2.75, 3.05) is 36.2 Å². The van der Waals surface area contributed by atoms with Crippen LogP contribution >= 0.6 is 11.8 Å². The molecule has 1 atom stereocenters. The van der Waals surface area contributed by atoms with Crippen molar-refractivity contribution in [3.05, 3.63) is 90.0 Å². The number of nitrogens with zero attached hydrogens (tertiary/aromatic N) is 3. The van der Waals surface area contributed by atoms with Gasteiger partial charge < -0.3 is 20.3 Å². The minimum absolute atomic E-state index is 0.0976. The zero-order valence-electron chi connectivity index (χ0n) is 18.9. The number of fused-ring (bicyclic) bond motifs is 1. The Morgan fingerprint density at radius 3 is 2.34 bits per heavy atom. The maximum Gasteiger partial charge on any atom is 0.291 e. The van der Waals surface area contributed by atoms with Gasteiger partial charge in [-0.3, -0.25) is 14.4 Å². The third kappa shape index (κ3) is 4.60. The van der Waals surface area contributed by atoms with Crippen LogP contribution in [0.1, 0.15) is 22.1 Å². The maximum absolute atomic E-state index is 13.3. The lowest BCUT2D eigenvalue weighted by Crippen LogP contribution is -2.46. The van der Waals surface area contributed by atoms with Gasteiger partial charge in [0.2, 0.25) is 5.91 Å². The number of imide groups is 1. The molecule has 0 spiro atoms. The van der Waals surface area contributed by atoms with Gasteiger partial charge in [0.05, 0.1) is 30.3 Å². The Hall–Kier alpha value is -3.82. The van der Waals surface area contributed by atoms with Crippen LogP contribution in [0.4, 0.5) is 21.9 Å². The highest BCUT2D eigenvalue weighted by atomic mass is 32.2. The Morgan fingerprint density at radius 2 is 1.66 bits per heavy atom. The van der Waals surface area contributed by atoms with E-state index >= 15 is 0 Å². The second kappa shape index (κ2) is 9.81. The van der Waals surface area contributed by atoms with E-state index in [0.29, 0.717) is 23.5 Å². The first kappa shape index (κ1) is 22.9. The molecule has 9 heteroatoms. The molecule has 0 aliphatic carbocycles. The Morgan fingerprint density at radius 1 is 0.943 bits per heavy atom. The van der Waals surface area contributed by atoms with Gasteiger partial charge in [-0.05, 0) is 30.3 Å². The fourth-order valence-corrected chi connectivity index (χ4v) is 4.97. The van der Waals surface area contributed by atoms with Crippen molar-refractivity contribution in [3.63, 3.8) is 0 Å². The summed E-state index contributed by atoms with van der Waals surface area (Å²) in [5.41, 5.74) is 9.45. The van der Waals surface area contributed by atoms with Crippen molar-refractivity contribution in [1.29, 1.82) is 0 Å². The van der Waals surface area contributed by atoms with Crippen LogP contribution < -0.4 is 10.6 Å². The molecule has 0 saturated carbocycles. The van der Waals surface area contributed by atoms with E-state index in [-0.39, 0.29) is 36.0 Å². The molecule has 3 amide bonds. The highest BCUT2D eigenvalue weighted by Gasteiger charge is 2.38. The largest absolute Gasteiger partial charge is 0.399 e. The number of nitrogens with two attached hydrogens (primary N) is 1. The SMILES string of the molecule is Nc1ccc2c(c1)C(=O)N(CCOC(c1ccccc1)N1C(=O)CSC1=O)CN2c1ccccc1. The van der Waals surface area contributed by atoms with Crippen molar-refractivity contribution in [2.24, 2.45) is 0 Å². The third-order valence-electron chi connectivity index (χ3n) is 5.95. The molecule has 2 aliphatic rings. The summed E-state index contributed by atoms with van der Waals surface area (Å²) in [6.07, 6.45) is -0.848. The quantitative estimate of drug-likeness (QED) is 0.497. The Bertz CT molecular complexity index is 1240. The molecular weight excluding hydrogens is 464 g/mol. The zero-order chi connectivity index (χ0) is 24.4. The fraction of sp³-hybridized carbons (Fsp3) is 0.192. The topological polar surface area (TPSA) is 96.2 Å². The van der Waals surface area contributed by atoms with Crippen LogP contribution in [0.2, 0.25) is 0 Å². The van der Waals surface area contributed by atoms with E-state index in [4.69, 9.17) is 10.5 Å². The minimum Gasteiger partial charge on any atom is -0.399 e. The average Bonchev–Trinajstić information content (AvgIpc) is 3.22. The minimum atomic E-state index is -0.848. The lowest BCUT2D eigenvalue weighted by atomic mass is 10.1. The van der Waals surface area contributed by atoms with E-state index in [1.54, 1.807) is 17.0 Å². The number of rotatable bonds is 7. The van der Waals surface area contributed by atoms with Gasteiger partial charge in [-0.15, -0.1) is 0 Å². The van der Waals surface area contributed by atoms with Crippen LogP contribution in [-0.2, 0) is 9.53 Å². The van der Waals surface area contributed by atoms with E-state index < -0.39 is 6.23 Å². The number of carbonyl (C=O) groups is 3. The standard InChI is InChI=1S/C26H24N4O4S/c27-19-11-12-22-21(15-19)24(32)28(17-29(22)20-9-5-2-6-10-20)13-14-34-25(18-7-3-1-4-8-18)30-23(31)16-35-26(30)33/h1-12,15,25H,13-14,16-17,27H2. The zero-order valence-corrected chi connectivity index (χ0v) is 19.7. The van der Waals surface area contributed by atoms with Gasteiger partial charge >= 0.3 is 0 Å². The van der Waals surface area contributed by atoms with E-state index in [0.717, 1.165) is 28.0 Å². The molecule has 5 rings (SSSR count). The van der Waals surface area contributed by atoms with Gasteiger partial charge in [-0.25, -0.2) is 4.90 Å². The number of anilines is 3. The first-order valence-corrected chi connectivity index (χ1v) is 12.2. The highest BCUT2D eigenvalue weighted by molar-refractivity contribution is 8.14. The number of benzene rings is 3.